The number of hydrogen-bond donors (Lipinski definition) is 0. The van der Waals surface area contributed by atoms with Crippen molar-refractivity contribution in [2.24, 2.45) is 4.99 Å². The molecule has 106 valence electrons. The van der Waals surface area contributed by atoms with Crippen LogP contribution in [0, 0.1) is 18.8 Å². The Hall–Kier alpha value is -2.33. The first-order chi connectivity index (χ1) is 9.94. The minimum absolute atomic E-state index is 0.0723. The normalized spacial score (nSPS) is 11.2. The molecule has 0 fully saturated rings. The second-order valence-electron chi connectivity index (χ2n) is 6.14. The Bertz CT molecular complexity index is 706. The first-order valence-electron chi connectivity index (χ1n) is 7.17. The van der Waals surface area contributed by atoms with Crippen LogP contribution in [0.25, 0.3) is 0 Å². The van der Waals surface area contributed by atoms with Crippen LogP contribution in [0.3, 0.4) is 0 Å². The lowest BCUT2D eigenvalue weighted by atomic mass is 10.1. The molecule has 1 nitrogen and oxygen atoms in total. The fourth-order valence-electron chi connectivity index (χ4n) is 1.85. The maximum absolute atomic E-state index is 4.56. The predicted octanol–water partition coefficient (Wildman–Crippen LogP) is 4.61. The molecule has 2 rings (SSSR count). The SMILES string of the molecule is Cc1cccc(C#Cc2ccccc2C=NC(C)(C)C)c1. The lowest BCUT2D eigenvalue weighted by molar-refractivity contribution is 0.586. The highest BCUT2D eigenvalue weighted by Crippen LogP contribution is 2.10. The van der Waals surface area contributed by atoms with Crippen LogP contribution in [-0.4, -0.2) is 11.8 Å². The Morgan fingerprint density at radius 1 is 0.952 bits per heavy atom. The van der Waals surface area contributed by atoms with Crippen molar-refractivity contribution < 1.29 is 0 Å². The van der Waals surface area contributed by atoms with Gasteiger partial charge in [0.25, 0.3) is 0 Å². The molecular weight excluding hydrogens is 254 g/mol. The van der Waals surface area contributed by atoms with Crippen molar-refractivity contribution in [3.05, 3.63) is 70.8 Å². The third-order valence-corrected chi connectivity index (χ3v) is 2.91. The molecule has 1 heteroatoms. The molecule has 0 atom stereocenters. The fourth-order valence-corrected chi connectivity index (χ4v) is 1.85. The van der Waals surface area contributed by atoms with Gasteiger partial charge in [0.05, 0.1) is 5.54 Å². The van der Waals surface area contributed by atoms with E-state index in [0.29, 0.717) is 0 Å². The minimum atomic E-state index is -0.0723. The third kappa shape index (κ3) is 4.93. The van der Waals surface area contributed by atoms with Crippen LogP contribution in [0.1, 0.15) is 43.0 Å². The summed E-state index contributed by atoms with van der Waals surface area (Å²) in [4.78, 5) is 4.56. The summed E-state index contributed by atoms with van der Waals surface area (Å²) in [5, 5.41) is 0. The molecule has 0 unspecified atom stereocenters. The number of rotatable bonds is 1. The molecule has 0 bridgehead atoms. The lowest BCUT2D eigenvalue weighted by Gasteiger charge is -2.11. The molecule has 0 aliphatic rings. The standard InChI is InChI=1S/C20H21N/c1-16-8-7-9-17(14-16)12-13-18-10-5-6-11-19(18)15-21-20(2,3)4/h5-11,14-15H,1-4H3. The maximum Gasteiger partial charge on any atom is 0.0524 e. The van der Waals surface area contributed by atoms with Crippen LogP contribution in [-0.2, 0) is 0 Å². The minimum Gasteiger partial charge on any atom is -0.287 e. The molecule has 0 radical (unpaired) electrons. The van der Waals surface area contributed by atoms with Crippen molar-refractivity contribution in [1.29, 1.82) is 0 Å². The summed E-state index contributed by atoms with van der Waals surface area (Å²) in [6.07, 6.45) is 1.92. The van der Waals surface area contributed by atoms with Gasteiger partial charge in [-0.05, 0) is 51.5 Å². The van der Waals surface area contributed by atoms with Crippen LogP contribution < -0.4 is 0 Å². The van der Waals surface area contributed by atoms with E-state index in [1.165, 1.54) is 5.56 Å². The van der Waals surface area contributed by atoms with Gasteiger partial charge in [-0.1, -0.05) is 42.2 Å². The summed E-state index contributed by atoms with van der Waals surface area (Å²) in [7, 11) is 0. The van der Waals surface area contributed by atoms with Crippen LogP contribution in [0.4, 0.5) is 0 Å². The van der Waals surface area contributed by atoms with Crippen LogP contribution in [0.2, 0.25) is 0 Å². The third-order valence-electron chi connectivity index (χ3n) is 2.91. The van der Waals surface area contributed by atoms with Crippen LogP contribution in [0.5, 0.6) is 0 Å². The van der Waals surface area contributed by atoms with Crippen LogP contribution in [0.15, 0.2) is 53.5 Å². The van der Waals surface area contributed by atoms with Gasteiger partial charge in [-0.25, -0.2) is 0 Å². The van der Waals surface area contributed by atoms with Crippen molar-refractivity contribution in [2.75, 3.05) is 0 Å². The fraction of sp³-hybridized carbons (Fsp3) is 0.250. The zero-order chi connectivity index (χ0) is 15.3. The van der Waals surface area contributed by atoms with E-state index >= 15 is 0 Å². The van der Waals surface area contributed by atoms with E-state index in [-0.39, 0.29) is 5.54 Å². The molecule has 2 aromatic carbocycles. The van der Waals surface area contributed by atoms with Crippen molar-refractivity contribution in [3.8, 4) is 11.8 Å². The average Bonchev–Trinajstić information content (AvgIpc) is 2.43. The maximum atomic E-state index is 4.56. The van der Waals surface area contributed by atoms with E-state index in [9.17, 15) is 0 Å². The summed E-state index contributed by atoms with van der Waals surface area (Å²) in [5.41, 5.74) is 4.26. The van der Waals surface area contributed by atoms with Gasteiger partial charge < -0.3 is 0 Å². The summed E-state index contributed by atoms with van der Waals surface area (Å²) >= 11 is 0. The summed E-state index contributed by atoms with van der Waals surface area (Å²) in [6, 6.07) is 16.4. The molecule has 0 aliphatic heterocycles. The number of aliphatic imine (C=N–C) groups is 1. The molecule has 0 N–H and O–H groups in total. The highest BCUT2D eigenvalue weighted by molar-refractivity contribution is 5.83. The number of aryl methyl sites for hydroxylation is 1. The molecule has 2 aromatic rings. The molecule has 0 saturated carbocycles. The van der Waals surface area contributed by atoms with Gasteiger partial charge in [-0.3, -0.25) is 4.99 Å². The zero-order valence-corrected chi connectivity index (χ0v) is 13.1. The van der Waals surface area contributed by atoms with Crippen molar-refractivity contribution in [3.63, 3.8) is 0 Å². The van der Waals surface area contributed by atoms with Gasteiger partial charge in [0.1, 0.15) is 0 Å². The van der Waals surface area contributed by atoms with Gasteiger partial charge in [-0.2, -0.15) is 0 Å². The van der Waals surface area contributed by atoms with E-state index in [2.05, 4.69) is 62.7 Å². The first-order valence-corrected chi connectivity index (χ1v) is 7.17. The molecule has 0 aromatic heterocycles. The summed E-state index contributed by atoms with van der Waals surface area (Å²) < 4.78 is 0. The van der Waals surface area contributed by atoms with E-state index in [1.807, 2.05) is 36.5 Å². The monoisotopic (exact) mass is 275 g/mol. The lowest BCUT2D eigenvalue weighted by Crippen LogP contribution is -2.09. The first kappa shape index (κ1) is 15.1. The topological polar surface area (TPSA) is 12.4 Å². The number of benzene rings is 2. The Balaban J connectivity index is 2.32. The van der Waals surface area contributed by atoms with Gasteiger partial charge >= 0.3 is 0 Å². The van der Waals surface area contributed by atoms with Crippen molar-refractivity contribution in [1.82, 2.24) is 0 Å². The van der Waals surface area contributed by atoms with Crippen LogP contribution >= 0.6 is 0 Å². The van der Waals surface area contributed by atoms with E-state index in [4.69, 9.17) is 0 Å². The molecule has 0 saturated heterocycles. The quantitative estimate of drug-likeness (QED) is 0.532. The molecule has 0 aliphatic carbocycles. The molecular formula is C20H21N. The molecule has 0 heterocycles. The summed E-state index contributed by atoms with van der Waals surface area (Å²) in [5.74, 6) is 6.48. The second-order valence-corrected chi connectivity index (χ2v) is 6.14. The highest BCUT2D eigenvalue weighted by Gasteiger charge is 2.05. The Morgan fingerprint density at radius 2 is 1.71 bits per heavy atom. The number of hydrogen-bond acceptors (Lipinski definition) is 1. The van der Waals surface area contributed by atoms with Gasteiger partial charge in [0, 0.05) is 22.9 Å². The van der Waals surface area contributed by atoms with Gasteiger partial charge in [0.15, 0.2) is 0 Å². The van der Waals surface area contributed by atoms with Gasteiger partial charge in [-0.15, -0.1) is 0 Å². The highest BCUT2D eigenvalue weighted by atomic mass is 14.8. The van der Waals surface area contributed by atoms with E-state index in [1.54, 1.807) is 0 Å². The van der Waals surface area contributed by atoms with Crippen molar-refractivity contribution >= 4 is 6.21 Å². The van der Waals surface area contributed by atoms with E-state index < -0.39 is 0 Å². The average molecular weight is 275 g/mol. The summed E-state index contributed by atoms with van der Waals surface area (Å²) in [6.45, 7) is 8.34. The second kappa shape index (κ2) is 6.41. The Kier molecular flexibility index (Phi) is 4.60. The molecule has 21 heavy (non-hydrogen) atoms. The largest absolute Gasteiger partial charge is 0.287 e. The van der Waals surface area contributed by atoms with Crippen molar-refractivity contribution in [2.45, 2.75) is 33.2 Å². The zero-order valence-electron chi connectivity index (χ0n) is 13.1. The Morgan fingerprint density at radius 3 is 2.43 bits per heavy atom. The van der Waals surface area contributed by atoms with E-state index in [0.717, 1.165) is 16.7 Å². The smallest absolute Gasteiger partial charge is 0.0524 e. The number of nitrogens with zero attached hydrogens (tertiary/aromatic N) is 1. The van der Waals surface area contributed by atoms with Gasteiger partial charge in [0.2, 0.25) is 0 Å². The molecule has 0 spiro atoms. The molecule has 0 amide bonds. The Labute approximate surface area is 127 Å². The predicted molar refractivity (Wildman–Crippen MR) is 90.9 cm³/mol.